The van der Waals surface area contributed by atoms with E-state index < -0.39 is 0 Å². The summed E-state index contributed by atoms with van der Waals surface area (Å²) < 4.78 is 0. The quantitative estimate of drug-likeness (QED) is 0.721. The molecule has 0 aromatic heterocycles. The summed E-state index contributed by atoms with van der Waals surface area (Å²) in [5, 5.41) is 23.9. The zero-order chi connectivity index (χ0) is 16.7. The molecular formula is C20H34O2Se. The van der Waals surface area contributed by atoms with Gasteiger partial charge in [0.25, 0.3) is 0 Å². The van der Waals surface area contributed by atoms with E-state index >= 15 is 0 Å². The standard InChI is InChI=1S/C20H34O2Se/c1-17(2)13-5-7-19(17,15(21)9-13)11-23-12-20-8-6-14(10-16(20)22)18(20,3)4/h13-16,21-22H,5-12H2,1-4H3/t13?,14?,15-,16?,19?,20?/m1/s1. The van der Waals surface area contributed by atoms with Gasteiger partial charge in [0.1, 0.15) is 0 Å². The Morgan fingerprint density at radius 3 is 1.43 bits per heavy atom. The van der Waals surface area contributed by atoms with Gasteiger partial charge in [0.05, 0.1) is 0 Å². The molecule has 4 aliphatic rings. The molecule has 4 rings (SSSR count). The van der Waals surface area contributed by atoms with Crippen LogP contribution < -0.4 is 0 Å². The van der Waals surface area contributed by atoms with E-state index in [1.807, 2.05) is 0 Å². The monoisotopic (exact) mass is 386 g/mol. The summed E-state index contributed by atoms with van der Waals surface area (Å²) >= 11 is 0.537. The van der Waals surface area contributed by atoms with Gasteiger partial charge in [0, 0.05) is 0 Å². The number of aliphatic hydroxyl groups is 2. The minimum atomic E-state index is -0.0755. The van der Waals surface area contributed by atoms with Crippen LogP contribution in [0.4, 0.5) is 0 Å². The second kappa shape index (κ2) is 5.00. The van der Waals surface area contributed by atoms with E-state index in [4.69, 9.17) is 0 Å². The van der Waals surface area contributed by atoms with E-state index in [0.29, 0.717) is 25.8 Å². The molecule has 4 saturated carbocycles. The summed E-state index contributed by atoms with van der Waals surface area (Å²) in [6.45, 7) is 9.65. The first-order valence-corrected chi connectivity index (χ1v) is 12.0. The van der Waals surface area contributed by atoms with Gasteiger partial charge in [0.15, 0.2) is 0 Å². The molecule has 4 fully saturated rings. The van der Waals surface area contributed by atoms with Crippen LogP contribution in [0.25, 0.3) is 0 Å². The van der Waals surface area contributed by atoms with Crippen molar-refractivity contribution in [1.29, 1.82) is 0 Å². The molecule has 6 atom stereocenters. The van der Waals surface area contributed by atoms with E-state index in [1.165, 1.54) is 36.3 Å². The van der Waals surface area contributed by atoms with Crippen LogP contribution in [-0.2, 0) is 0 Å². The van der Waals surface area contributed by atoms with Crippen LogP contribution >= 0.6 is 0 Å². The molecule has 0 heterocycles. The summed E-state index contributed by atoms with van der Waals surface area (Å²) in [7, 11) is 0. The predicted molar refractivity (Wildman–Crippen MR) is 94.5 cm³/mol. The third-order valence-electron chi connectivity index (χ3n) is 9.50. The van der Waals surface area contributed by atoms with Gasteiger partial charge in [0.2, 0.25) is 0 Å². The first-order chi connectivity index (χ1) is 10.7. The number of rotatable bonds is 4. The van der Waals surface area contributed by atoms with Crippen molar-refractivity contribution in [3.63, 3.8) is 0 Å². The summed E-state index contributed by atoms with van der Waals surface area (Å²) in [5.74, 6) is 1.46. The molecule has 4 bridgehead atoms. The molecule has 132 valence electrons. The number of hydrogen-bond donors (Lipinski definition) is 2. The number of aliphatic hydroxyl groups excluding tert-OH is 2. The predicted octanol–water partition coefficient (Wildman–Crippen LogP) is 3.90. The van der Waals surface area contributed by atoms with Gasteiger partial charge in [-0.15, -0.1) is 0 Å². The molecule has 3 heteroatoms. The van der Waals surface area contributed by atoms with Crippen molar-refractivity contribution in [3.8, 4) is 0 Å². The Kier molecular flexibility index (Phi) is 3.67. The van der Waals surface area contributed by atoms with Gasteiger partial charge in [-0.05, 0) is 0 Å². The van der Waals surface area contributed by atoms with E-state index in [9.17, 15) is 10.2 Å². The first kappa shape index (κ1) is 16.9. The van der Waals surface area contributed by atoms with E-state index in [0.717, 1.165) is 24.7 Å². The zero-order valence-corrected chi connectivity index (χ0v) is 17.0. The Morgan fingerprint density at radius 1 is 0.783 bits per heavy atom. The molecular weight excluding hydrogens is 351 g/mol. The van der Waals surface area contributed by atoms with Crippen LogP contribution in [0.15, 0.2) is 0 Å². The Balaban J connectivity index is 1.48. The SMILES string of the molecule is CC1(C)C2CCC1(C[Se]CC13CCC(C[C@H]1O)C3(C)C)C(O)C2. The first-order valence-electron chi connectivity index (χ1n) is 9.61. The van der Waals surface area contributed by atoms with Crippen molar-refractivity contribution in [2.75, 3.05) is 0 Å². The second-order valence-electron chi connectivity index (χ2n) is 10.2. The van der Waals surface area contributed by atoms with Gasteiger partial charge in [-0.25, -0.2) is 0 Å². The van der Waals surface area contributed by atoms with Crippen LogP contribution in [0.3, 0.4) is 0 Å². The molecule has 4 aliphatic carbocycles. The van der Waals surface area contributed by atoms with E-state index in [2.05, 4.69) is 27.7 Å². The van der Waals surface area contributed by atoms with Crippen molar-refractivity contribution >= 4 is 15.0 Å². The van der Waals surface area contributed by atoms with Crippen LogP contribution in [0.1, 0.15) is 66.2 Å². The molecule has 0 aromatic rings. The van der Waals surface area contributed by atoms with Gasteiger partial charge in [-0.2, -0.15) is 0 Å². The van der Waals surface area contributed by atoms with Crippen molar-refractivity contribution in [2.24, 2.45) is 33.5 Å². The Morgan fingerprint density at radius 2 is 1.17 bits per heavy atom. The summed E-state index contributed by atoms with van der Waals surface area (Å²) in [4.78, 5) is 0. The molecule has 0 aliphatic heterocycles. The van der Waals surface area contributed by atoms with Crippen LogP contribution in [0, 0.1) is 33.5 Å². The molecule has 0 spiro atoms. The van der Waals surface area contributed by atoms with Crippen molar-refractivity contribution in [1.82, 2.24) is 0 Å². The Labute approximate surface area is 148 Å². The average molecular weight is 385 g/mol. The fourth-order valence-corrected chi connectivity index (χ4v) is 11.9. The van der Waals surface area contributed by atoms with Crippen LogP contribution in [0.2, 0.25) is 10.6 Å². The van der Waals surface area contributed by atoms with E-state index in [-0.39, 0.29) is 23.0 Å². The fraction of sp³-hybridized carbons (Fsp3) is 1.00. The topological polar surface area (TPSA) is 40.5 Å². The third kappa shape index (κ3) is 1.89. The van der Waals surface area contributed by atoms with Crippen molar-refractivity contribution < 1.29 is 10.2 Å². The molecule has 5 unspecified atom stereocenters. The molecule has 0 saturated heterocycles. The fourth-order valence-electron chi connectivity index (χ4n) is 7.17. The van der Waals surface area contributed by atoms with Crippen molar-refractivity contribution in [2.45, 2.75) is 89.1 Å². The number of hydrogen-bond acceptors (Lipinski definition) is 2. The van der Waals surface area contributed by atoms with Crippen LogP contribution in [0.5, 0.6) is 0 Å². The zero-order valence-electron chi connectivity index (χ0n) is 15.3. The summed E-state index contributed by atoms with van der Waals surface area (Å²) in [5.41, 5.74) is 0.988. The van der Waals surface area contributed by atoms with Crippen LogP contribution in [-0.4, -0.2) is 37.4 Å². The molecule has 0 aromatic carbocycles. The van der Waals surface area contributed by atoms with Gasteiger partial charge in [-0.3, -0.25) is 0 Å². The Hall–Kier alpha value is 0.439. The number of fused-ring (bicyclic) bond motifs is 4. The molecule has 2 nitrogen and oxygen atoms in total. The molecule has 2 N–H and O–H groups in total. The van der Waals surface area contributed by atoms with E-state index in [1.54, 1.807) is 0 Å². The normalized spacial score (nSPS) is 52.4. The molecule has 23 heavy (non-hydrogen) atoms. The maximum absolute atomic E-state index is 10.7. The van der Waals surface area contributed by atoms with Crippen molar-refractivity contribution in [3.05, 3.63) is 0 Å². The third-order valence-corrected chi connectivity index (χ3v) is 12.5. The van der Waals surface area contributed by atoms with Gasteiger partial charge in [-0.1, -0.05) is 0 Å². The maximum atomic E-state index is 10.7. The molecule has 0 radical (unpaired) electrons. The van der Waals surface area contributed by atoms with Gasteiger partial charge >= 0.3 is 148 Å². The van der Waals surface area contributed by atoms with Gasteiger partial charge < -0.3 is 0 Å². The second-order valence-corrected chi connectivity index (χ2v) is 12.3. The summed E-state index contributed by atoms with van der Waals surface area (Å²) in [6.07, 6.45) is 7.02. The Bertz CT molecular complexity index is 458. The average Bonchev–Trinajstić information content (AvgIpc) is 3.00. The summed E-state index contributed by atoms with van der Waals surface area (Å²) in [6, 6.07) is 0. The minimum absolute atomic E-state index is 0.0755. The molecule has 0 amide bonds.